The molecule has 2 nitrogen and oxygen atoms in total. The zero-order valence-electron chi connectivity index (χ0n) is 5.80. The minimum absolute atomic E-state index is 0.608. The molecular formula is C7H3BrN2S2. The van der Waals surface area contributed by atoms with Gasteiger partial charge in [0.25, 0.3) is 0 Å². The Morgan fingerprint density at radius 2 is 2.25 bits per heavy atom. The lowest BCUT2D eigenvalue weighted by atomic mass is 10.2. The third kappa shape index (κ3) is 1.04. The van der Waals surface area contributed by atoms with Crippen LogP contribution in [-0.4, -0.2) is 0 Å². The average Bonchev–Trinajstić information content (AvgIpc) is 2.43. The summed E-state index contributed by atoms with van der Waals surface area (Å²) in [6, 6.07) is 4.04. The van der Waals surface area contributed by atoms with Crippen molar-refractivity contribution >= 4 is 53.0 Å². The van der Waals surface area contributed by atoms with Crippen LogP contribution in [0.25, 0.3) is 9.40 Å². The van der Waals surface area contributed by atoms with Crippen LogP contribution in [0.3, 0.4) is 0 Å². The van der Waals surface area contributed by atoms with E-state index < -0.39 is 0 Å². The molecule has 0 unspecified atom stereocenters. The molecule has 0 radical (unpaired) electrons. The van der Waals surface area contributed by atoms with Gasteiger partial charge in [0, 0.05) is 5.39 Å². The monoisotopic (exact) mass is 258 g/mol. The molecule has 2 heterocycles. The van der Waals surface area contributed by atoms with E-state index in [1.165, 1.54) is 11.3 Å². The van der Waals surface area contributed by atoms with Crippen LogP contribution in [0.5, 0.6) is 0 Å². The van der Waals surface area contributed by atoms with Gasteiger partial charge in [-0.25, -0.2) is 0 Å². The van der Waals surface area contributed by atoms with Crippen molar-refractivity contribution in [3.63, 3.8) is 0 Å². The topological polar surface area (TPSA) is 49.8 Å². The van der Waals surface area contributed by atoms with Gasteiger partial charge in [0.1, 0.15) is 11.1 Å². The van der Waals surface area contributed by atoms with Crippen LogP contribution in [0, 0.1) is 11.3 Å². The van der Waals surface area contributed by atoms with E-state index in [4.69, 9.17) is 11.0 Å². The predicted octanol–water partition coefficient (Wildman–Crippen LogP) is 3.18. The highest BCUT2D eigenvalue weighted by atomic mass is 79.9. The molecule has 0 aromatic carbocycles. The SMILES string of the molecule is N#Cc1c(N)sc2sc(Br)cc12. The molecule has 0 bridgehead atoms. The maximum Gasteiger partial charge on any atom is 0.106 e. The summed E-state index contributed by atoms with van der Waals surface area (Å²) in [5.74, 6) is 0. The van der Waals surface area contributed by atoms with E-state index in [1.54, 1.807) is 11.3 Å². The normalized spacial score (nSPS) is 10.3. The van der Waals surface area contributed by atoms with Gasteiger partial charge in [0.15, 0.2) is 0 Å². The molecule has 5 heteroatoms. The van der Waals surface area contributed by atoms with Crippen molar-refractivity contribution < 1.29 is 0 Å². The minimum Gasteiger partial charge on any atom is -0.389 e. The second kappa shape index (κ2) is 2.73. The molecule has 2 rings (SSSR count). The number of nitrogen functional groups attached to an aromatic ring is 1. The summed E-state index contributed by atoms with van der Waals surface area (Å²) in [4.78, 5) is 0. The number of rotatable bonds is 0. The number of nitrogens with zero attached hydrogens (tertiary/aromatic N) is 1. The molecule has 60 valence electrons. The number of thiophene rings is 2. The lowest BCUT2D eigenvalue weighted by Gasteiger charge is -1.82. The van der Waals surface area contributed by atoms with E-state index in [1.807, 2.05) is 6.07 Å². The van der Waals surface area contributed by atoms with Crippen LogP contribution in [0.2, 0.25) is 0 Å². The fraction of sp³-hybridized carbons (Fsp3) is 0. The molecule has 2 aromatic heterocycles. The number of hydrogen-bond acceptors (Lipinski definition) is 4. The van der Waals surface area contributed by atoms with Gasteiger partial charge < -0.3 is 5.73 Å². The largest absolute Gasteiger partial charge is 0.389 e. The third-order valence-corrected chi connectivity index (χ3v) is 4.26. The van der Waals surface area contributed by atoms with Crippen LogP contribution in [0.15, 0.2) is 9.85 Å². The summed E-state index contributed by atoms with van der Waals surface area (Å²) in [7, 11) is 0. The standard InChI is InChI=1S/C7H3BrN2S2/c8-5-1-3-4(2-9)6(10)12-7(3)11-5/h1H,10H2. The maximum absolute atomic E-state index is 8.78. The number of hydrogen-bond donors (Lipinski definition) is 1. The van der Waals surface area contributed by atoms with Gasteiger partial charge >= 0.3 is 0 Å². The van der Waals surface area contributed by atoms with Crippen LogP contribution in [0.1, 0.15) is 5.56 Å². The van der Waals surface area contributed by atoms with E-state index in [2.05, 4.69) is 22.0 Å². The lowest BCUT2D eigenvalue weighted by Crippen LogP contribution is -1.81. The average molecular weight is 259 g/mol. The summed E-state index contributed by atoms with van der Waals surface area (Å²) in [6.07, 6.45) is 0. The molecule has 0 saturated heterocycles. The van der Waals surface area contributed by atoms with E-state index in [0.29, 0.717) is 10.6 Å². The Balaban J connectivity index is 2.89. The first-order chi connectivity index (χ1) is 5.72. The van der Waals surface area contributed by atoms with Gasteiger partial charge in [-0.2, -0.15) is 5.26 Å². The molecule has 2 N–H and O–H groups in total. The van der Waals surface area contributed by atoms with Crippen molar-refractivity contribution in [3.8, 4) is 6.07 Å². The van der Waals surface area contributed by atoms with E-state index in [-0.39, 0.29) is 0 Å². The zero-order valence-corrected chi connectivity index (χ0v) is 9.02. The van der Waals surface area contributed by atoms with Crippen LogP contribution < -0.4 is 5.73 Å². The quantitative estimate of drug-likeness (QED) is 0.789. The molecule has 2 aromatic rings. The summed E-state index contributed by atoms with van der Waals surface area (Å²) in [5.41, 5.74) is 6.25. The Bertz CT molecular complexity index is 477. The van der Waals surface area contributed by atoms with Gasteiger partial charge in [0.2, 0.25) is 0 Å². The molecule has 0 aliphatic rings. The van der Waals surface area contributed by atoms with E-state index >= 15 is 0 Å². The number of anilines is 1. The van der Waals surface area contributed by atoms with Crippen molar-refractivity contribution in [2.24, 2.45) is 0 Å². The maximum atomic E-state index is 8.78. The Hall–Kier alpha value is -0.570. The van der Waals surface area contributed by atoms with Gasteiger partial charge in [-0.05, 0) is 22.0 Å². The molecule has 0 aliphatic carbocycles. The van der Waals surface area contributed by atoms with Crippen LogP contribution >= 0.6 is 38.6 Å². The van der Waals surface area contributed by atoms with E-state index in [9.17, 15) is 0 Å². The van der Waals surface area contributed by atoms with Crippen LogP contribution in [-0.2, 0) is 0 Å². The van der Waals surface area contributed by atoms with Gasteiger partial charge in [-0.15, -0.1) is 22.7 Å². The Labute approximate surface area is 85.4 Å². The van der Waals surface area contributed by atoms with Crippen molar-refractivity contribution in [2.75, 3.05) is 5.73 Å². The smallest absolute Gasteiger partial charge is 0.106 e. The molecular weight excluding hydrogens is 256 g/mol. The summed E-state index contributed by atoms with van der Waals surface area (Å²) in [6.45, 7) is 0. The first-order valence-corrected chi connectivity index (χ1v) is 5.52. The number of fused-ring (bicyclic) bond motifs is 1. The molecule has 0 fully saturated rings. The lowest BCUT2D eigenvalue weighted by molar-refractivity contribution is 1.52. The molecule has 12 heavy (non-hydrogen) atoms. The fourth-order valence-corrected chi connectivity index (χ4v) is 4.09. The fourth-order valence-electron chi connectivity index (χ4n) is 0.994. The molecule has 0 spiro atoms. The van der Waals surface area contributed by atoms with E-state index in [0.717, 1.165) is 13.2 Å². The Morgan fingerprint density at radius 1 is 1.50 bits per heavy atom. The Morgan fingerprint density at radius 3 is 2.92 bits per heavy atom. The summed E-state index contributed by atoms with van der Waals surface area (Å²) in [5, 5.41) is 10.4. The van der Waals surface area contributed by atoms with Gasteiger partial charge in [-0.3, -0.25) is 0 Å². The second-order valence-corrected chi connectivity index (χ2v) is 5.95. The first-order valence-electron chi connectivity index (χ1n) is 3.10. The first kappa shape index (κ1) is 8.05. The second-order valence-electron chi connectivity index (χ2n) is 2.20. The number of nitriles is 1. The zero-order chi connectivity index (χ0) is 8.72. The molecule has 0 atom stereocenters. The molecule has 0 aliphatic heterocycles. The summed E-state index contributed by atoms with van der Waals surface area (Å²) < 4.78 is 2.15. The minimum atomic E-state index is 0.608. The molecule has 0 saturated carbocycles. The molecule has 0 amide bonds. The highest BCUT2D eigenvalue weighted by Gasteiger charge is 2.11. The van der Waals surface area contributed by atoms with Gasteiger partial charge in [-0.1, -0.05) is 0 Å². The van der Waals surface area contributed by atoms with Crippen molar-refractivity contribution in [1.82, 2.24) is 0 Å². The predicted molar refractivity (Wildman–Crippen MR) is 56.5 cm³/mol. The Kier molecular flexibility index (Phi) is 1.83. The van der Waals surface area contributed by atoms with Crippen molar-refractivity contribution in [1.29, 1.82) is 5.26 Å². The van der Waals surface area contributed by atoms with Crippen LogP contribution in [0.4, 0.5) is 5.00 Å². The third-order valence-electron chi connectivity index (χ3n) is 1.50. The van der Waals surface area contributed by atoms with Crippen molar-refractivity contribution in [3.05, 3.63) is 15.4 Å². The van der Waals surface area contributed by atoms with Gasteiger partial charge in [0.05, 0.1) is 13.4 Å². The highest BCUT2D eigenvalue weighted by molar-refractivity contribution is 9.11. The number of nitrogens with two attached hydrogens (primary N) is 1. The van der Waals surface area contributed by atoms with Crippen molar-refractivity contribution in [2.45, 2.75) is 0 Å². The highest BCUT2D eigenvalue weighted by Crippen LogP contribution is 2.40. The number of halogens is 1. The summed E-state index contributed by atoms with van der Waals surface area (Å²) >= 11 is 6.44.